The van der Waals surface area contributed by atoms with Crippen molar-refractivity contribution in [3.8, 4) is 0 Å². The van der Waals surface area contributed by atoms with E-state index in [1.807, 2.05) is 25.1 Å². The van der Waals surface area contributed by atoms with E-state index >= 15 is 0 Å². The Morgan fingerprint density at radius 3 is 2.47 bits per heavy atom. The predicted molar refractivity (Wildman–Crippen MR) is 72.0 cm³/mol. The summed E-state index contributed by atoms with van der Waals surface area (Å²) in [6, 6.07) is 14.4. The highest BCUT2D eigenvalue weighted by Gasteiger charge is 1.97. The Hall–Kier alpha value is -2.09. The summed E-state index contributed by atoms with van der Waals surface area (Å²) in [4.78, 5) is 10.9. The third-order valence-corrected chi connectivity index (χ3v) is 2.51. The van der Waals surface area contributed by atoms with Gasteiger partial charge in [-0.2, -0.15) is 0 Å². The van der Waals surface area contributed by atoms with Crippen LogP contribution in [0.5, 0.6) is 0 Å². The molecule has 17 heavy (non-hydrogen) atoms. The first-order valence-corrected chi connectivity index (χ1v) is 5.60. The molecule has 86 valence electrons. The fourth-order valence-corrected chi connectivity index (χ4v) is 1.84. The number of rotatable bonds is 3. The van der Waals surface area contributed by atoms with E-state index in [1.165, 1.54) is 10.8 Å². The standard InChI is InChI=1S/C15H15NO/c1-11(9-12(2)17)16-15-8-7-13-5-3-4-6-14(13)10-15/h3-10,16H,1-2H3/b11-9-. The van der Waals surface area contributed by atoms with Gasteiger partial charge in [0.15, 0.2) is 5.78 Å². The van der Waals surface area contributed by atoms with Gasteiger partial charge in [-0.05, 0) is 42.8 Å². The lowest BCUT2D eigenvalue weighted by Crippen LogP contribution is -1.97. The van der Waals surface area contributed by atoms with Gasteiger partial charge in [0.25, 0.3) is 0 Å². The number of allylic oxidation sites excluding steroid dienone is 2. The van der Waals surface area contributed by atoms with Gasteiger partial charge in [-0.15, -0.1) is 0 Å². The second kappa shape index (κ2) is 4.83. The van der Waals surface area contributed by atoms with Crippen molar-refractivity contribution in [3.63, 3.8) is 0 Å². The molecule has 1 N–H and O–H groups in total. The molecule has 2 nitrogen and oxygen atoms in total. The summed E-state index contributed by atoms with van der Waals surface area (Å²) in [7, 11) is 0. The molecule has 0 spiro atoms. The Labute approximate surface area is 101 Å². The predicted octanol–water partition coefficient (Wildman–Crippen LogP) is 3.74. The van der Waals surface area contributed by atoms with Crippen LogP contribution in [0.15, 0.2) is 54.2 Å². The summed E-state index contributed by atoms with van der Waals surface area (Å²) in [5.41, 5.74) is 1.85. The fraction of sp³-hybridized carbons (Fsp3) is 0.133. The summed E-state index contributed by atoms with van der Waals surface area (Å²) in [5, 5.41) is 5.61. The molecule has 0 radical (unpaired) electrons. The molecule has 0 saturated carbocycles. The second-order valence-corrected chi connectivity index (χ2v) is 4.12. The van der Waals surface area contributed by atoms with Crippen LogP contribution in [0.3, 0.4) is 0 Å². The van der Waals surface area contributed by atoms with Crippen LogP contribution < -0.4 is 5.32 Å². The zero-order valence-electron chi connectivity index (χ0n) is 10.0. The molecule has 0 aromatic heterocycles. The van der Waals surface area contributed by atoms with E-state index in [9.17, 15) is 4.79 Å². The molecular weight excluding hydrogens is 210 g/mol. The minimum absolute atomic E-state index is 0.0517. The fourth-order valence-electron chi connectivity index (χ4n) is 1.84. The van der Waals surface area contributed by atoms with Crippen LogP contribution in [-0.2, 0) is 4.79 Å². The van der Waals surface area contributed by atoms with Crippen molar-refractivity contribution in [2.75, 3.05) is 5.32 Å². The van der Waals surface area contributed by atoms with Crippen LogP contribution >= 0.6 is 0 Å². The zero-order valence-corrected chi connectivity index (χ0v) is 10.0. The van der Waals surface area contributed by atoms with Gasteiger partial charge in [-0.1, -0.05) is 30.3 Å². The van der Waals surface area contributed by atoms with E-state index in [2.05, 4.69) is 29.6 Å². The minimum Gasteiger partial charge on any atom is -0.359 e. The van der Waals surface area contributed by atoms with Gasteiger partial charge < -0.3 is 5.32 Å². The molecule has 0 bridgehead atoms. The molecule has 0 aliphatic heterocycles. The first kappa shape index (κ1) is 11.4. The molecule has 0 fully saturated rings. The topological polar surface area (TPSA) is 29.1 Å². The highest BCUT2D eigenvalue weighted by molar-refractivity contribution is 5.89. The number of anilines is 1. The summed E-state index contributed by atoms with van der Waals surface area (Å²) in [6.45, 7) is 3.43. The van der Waals surface area contributed by atoms with E-state index < -0.39 is 0 Å². The zero-order chi connectivity index (χ0) is 12.3. The number of carbonyl (C=O) groups excluding carboxylic acids is 1. The Bertz CT molecular complexity index is 584. The van der Waals surface area contributed by atoms with Gasteiger partial charge in [-0.3, -0.25) is 4.79 Å². The van der Waals surface area contributed by atoms with Crippen molar-refractivity contribution in [1.29, 1.82) is 0 Å². The number of hydrogen-bond acceptors (Lipinski definition) is 2. The van der Waals surface area contributed by atoms with Crippen molar-refractivity contribution >= 4 is 22.2 Å². The van der Waals surface area contributed by atoms with Crippen LogP contribution in [0.4, 0.5) is 5.69 Å². The van der Waals surface area contributed by atoms with Crippen LogP contribution in [0.2, 0.25) is 0 Å². The van der Waals surface area contributed by atoms with Crippen LogP contribution in [0.25, 0.3) is 10.8 Å². The summed E-state index contributed by atoms with van der Waals surface area (Å²) >= 11 is 0. The van der Waals surface area contributed by atoms with Crippen molar-refractivity contribution in [1.82, 2.24) is 0 Å². The monoisotopic (exact) mass is 225 g/mol. The molecule has 0 heterocycles. The smallest absolute Gasteiger partial charge is 0.154 e. The average molecular weight is 225 g/mol. The molecular formula is C15H15NO. The lowest BCUT2D eigenvalue weighted by atomic mass is 10.1. The summed E-state index contributed by atoms with van der Waals surface area (Å²) < 4.78 is 0. The maximum atomic E-state index is 10.9. The van der Waals surface area contributed by atoms with Crippen molar-refractivity contribution in [3.05, 3.63) is 54.2 Å². The van der Waals surface area contributed by atoms with Gasteiger partial charge in [0.2, 0.25) is 0 Å². The lowest BCUT2D eigenvalue weighted by Gasteiger charge is -2.07. The van der Waals surface area contributed by atoms with E-state index in [-0.39, 0.29) is 5.78 Å². The Morgan fingerprint density at radius 2 is 1.76 bits per heavy atom. The van der Waals surface area contributed by atoms with Gasteiger partial charge in [-0.25, -0.2) is 0 Å². The first-order chi connectivity index (χ1) is 8.15. The highest BCUT2D eigenvalue weighted by atomic mass is 16.1. The summed E-state index contributed by atoms with van der Waals surface area (Å²) in [5.74, 6) is 0.0517. The first-order valence-electron chi connectivity index (χ1n) is 5.60. The number of benzene rings is 2. The molecule has 2 heteroatoms. The number of ketones is 1. The molecule has 0 atom stereocenters. The van der Waals surface area contributed by atoms with Crippen LogP contribution in [-0.4, -0.2) is 5.78 Å². The van der Waals surface area contributed by atoms with Gasteiger partial charge >= 0.3 is 0 Å². The Balaban J connectivity index is 2.28. The molecule has 0 unspecified atom stereocenters. The number of nitrogens with one attached hydrogen (secondary N) is 1. The SMILES string of the molecule is CC(=O)/C=C(/C)Nc1ccc2ccccc2c1. The largest absolute Gasteiger partial charge is 0.359 e. The third kappa shape index (κ3) is 2.94. The molecule has 2 aromatic rings. The minimum atomic E-state index is 0.0517. The number of carbonyl (C=O) groups is 1. The lowest BCUT2D eigenvalue weighted by molar-refractivity contribution is -0.112. The van der Waals surface area contributed by atoms with Crippen molar-refractivity contribution in [2.24, 2.45) is 0 Å². The van der Waals surface area contributed by atoms with Gasteiger partial charge in [0.1, 0.15) is 0 Å². The average Bonchev–Trinajstić information content (AvgIpc) is 2.27. The highest BCUT2D eigenvalue weighted by Crippen LogP contribution is 2.19. The normalized spacial score (nSPS) is 11.5. The van der Waals surface area contributed by atoms with Crippen molar-refractivity contribution in [2.45, 2.75) is 13.8 Å². The molecule has 0 amide bonds. The maximum absolute atomic E-state index is 10.9. The van der Waals surface area contributed by atoms with E-state index in [0.717, 1.165) is 11.4 Å². The molecule has 0 saturated heterocycles. The summed E-state index contributed by atoms with van der Waals surface area (Å²) in [6.07, 6.45) is 1.59. The molecule has 2 rings (SSSR count). The molecule has 0 aliphatic rings. The van der Waals surface area contributed by atoms with Gasteiger partial charge in [0, 0.05) is 11.4 Å². The van der Waals surface area contributed by atoms with Crippen LogP contribution in [0, 0.1) is 0 Å². The van der Waals surface area contributed by atoms with E-state index in [1.54, 1.807) is 13.0 Å². The van der Waals surface area contributed by atoms with E-state index in [4.69, 9.17) is 0 Å². The van der Waals surface area contributed by atoms with Crippen LogP contribution in [0.1, 0.15) is 13.8 Å². The second-order valence-electron chi connectivity index (χ2n) is 4.12. The third-order valence-electron chi connectivity index (χ3n) is 2.51. The van der Waals surface area contributed by atoms with Crippen molar-refractivity contribution < 1.29 is 4.79 Å². The maximum Gasteiger partial charge on any atom is 0.154 e. The number of hydrogen-bond donors (Lipinski definition) is 1. The molecule has 2 aromatic carbocycles. The number of fused-ring (bicyclic) bond motifs is 1. The quantitative estimate of drug-likeness (QED) is 0.806. The Morgan fingerprint density at radius 1 is 1.06 bits per heavy atom. The van der Waals surface area contributed by atoms with Gasteiger partial charge in [0.05, 0.1) is 0 Å². The molecule has 0 aliphatic carbocycles. The Kier molecular flexibility index (Phi) is 3.24. The van der Waals surface area contributed by atoms with E-state index in [0.29, 0.717) is 0 Å².